The number of aryl methyl sites for hydroxylation is 1. The molecule has 1 heterocycles. The van der Waals surface area contributed by atoms with Gasteiger partial charge in [-0.15, -0.1) is 0 Å². The van der Waals surface area contributed by atoms with Crippen LogP contribution in [0.15, 0.2) is 35.4 Å². The van der Waals surface area contributed by atoms with Crippen molar-refractivity contribution in [2.24, 2.45) is 0 Å². The van der Waals surface area contributed by atoms with Crippen molar-refractivity contribution in [3.05, 3.63) is 46.9 Å². The molecule has 0 unspecified atom stereocenters. The molecule has 0 aliphatic heterocycles. The van der Waals surface area contributed by atoms with Crippen molar-refractivity contribution in [1.82, 2.24) is 14.7 Å². The predicted molar refractivity (Wildman–Crippen MR) is 86.6 cm³/mol. The number of halogens is 1. The average molecular weight is 341 g/mol. The monoisotopic (exact) mass is 340 g/mol. The van der Waals surface area contributed by atoms with E-state index in [1.54, 1.807) is 18.3 Å². The van der Waals surface area contributed by atoms with E-state index in [9.17, 15) is 8.42 Å². The molecule has 6 nitrogen and oxygen atoms in total. The van der Waals surface area contributed by atoms with Gasteiger partial charge in [0.25, 0.3) is 0 Å². The lowest BCUT2D eigenvalue weighted by atomic mass is 10.2. The first-order valence-electron chi connectivity index (χ1n) is 6.54. The molecular weight excluding hydrogens is 324 g/mol. The molecule has 0 amide bonds. The molecule has 1 aromatic heterocycles. The Kier molecular flexibility index (Phi) is 5.00. The number of nitrogens with zero attached hydrogens (tertiary/aromatic N) is 3. The lowest BCUT2D eigenvalue weighted by molar-refractivity contribution is 0.579. The van der Waals surface area contributed by atoms with Crippen LogP contribution in [0.3, 0.4) is 0 Å². The second-order valence-electron chi connectivity index (χ2n) is 4.96. The number of nitrogens with one attached hydrogen (secondary N) is 1. The van der Waals surface area contributed by atoms with Crippen LogP contribution in [0.4, 0.5) is 5.82 Å². The van der Waals surface area contributed by atoms with Gasteiger partial charge in [0.05, 0.1) is 11.4 Å². The maximum Gasteiger partial charge on any atom is 0.241 e. The van der Waals surface area contributed by atoms with E-state index in [-0.39, 0.29) is 11.4 Å². The molecule has 1 N–H and O–H groups in total. The quantitative estimate of drug-likeness (QED) is 0.900. The number of rotatable bonds is 5. The highest BCUT2D eigenvalue weighted by atomic mass is 35.5. The summed E-state index contributed by atoms with van der Waals surface area (Å²) in [4.78, 5) is 10.3. The summed E-state index contributed by atoms with van der Waals surface area (Å²) in [5.41, 5.74) is 0.822. The Morgan fingerprint density at radius 2 is 2.00 bits per heavy atom. The fourth-order valence-electron chi connectivity index (χ4n) is 1.71. The highest BCUT2D eigenvalue weighted by molar-refractivity contribution is 7.89. The Labute approximate surface area is 135 Å². The van der Waals surface area contributed by atoms with Gasteiger partial charge in [0, 0.05) is 25.3 Å². The first-order valence-corrected chi connectivity index (χ1v) is 8.41. The molecule has 0 spiro atoms. The van der Waals surface area contributed by atoms with Gasteiger partial charge in [-0.25, -0.2) is 23.1 Å². The Morgan fingerprint density at radius 1 is 1.27 bits per heavy atom. The minimum atomic E-state index is -3.66. The molecule has 0 saturated heterocycles. The lowest BCUT2D eigenvalue weighted by Crippen LogP contribution is -2.24. The highest BCUT2D eigenvalue weighted by Gasteiger charge is 2.15. The van der Waals surface area contributed by atoms with Gasteiger partial charge < -0.3 is 4.90 Å². The van der Waals surface area contributed by atoms with Crippen LogP contribution >= 0.6 is 11.6 Å². The van der Waals surface area contributed by atoms with Crippen LogP contribution in [-0.2, 0) is 16.6 Å². The Balaban J connectivity index is 2.16. The fourth-order valence-corrected chi connectivity index (χ4v) is 2.96. The first kappa shape index (κ1) is 16.7. The first-order chi connectivity index (χ1) is 10.3. The van der Waals surface area contributed by atoms with Gasteiger partial charge in [0.1, 0.15) is 11.6 Å². The molecule has 2 rings (SSSR count). The minimum Gasteiger partial charge on any atom is -0.363 e. The van der Waals surface area contributed by atoms with Crippen LogP contribution in [0.25, 0.3) is 0 Å². The van der Waals surface area contributed by atoms with Crippen molar-refractivity contribution in [2.75, 3.05) is 19.0 Å². The van der Waals surface area contributed by atoms with E-state index in [1.165, 1.54) is 12.1 Å². The third-order valence-electron chi connectivity index (χ3n) is 3.02. The largest absolute Gasteiger partial charge is 0.363 e. The average Bonchev–Trinajstić information content (AvgIpc) is 2.48. The summed E-state index contributed by atoms with van der Waals surface area (Å²) >= 11 is 5.97. The number of sulfonamides is 1. The molecule has 0 aliphatic rings. The molecular formula is C14H17ClN4O2S. The second kappa shape index (κ2) is 6.60. The Morgan fingerprint density at radius 3 is 2.64 bits per heavy atom. The normalized spacial score (nSPS) is 11.5. The van der Waals surface area contributed by atoms with E-state index < -0.39 is 10.0 Å². The second-order valence-corrected chi connectivity index (χ2v) is 7.14. The van der Waals surface area contributed by atoms with Crippen molar-refractivity contribution in [1.29, 1.82) is 0 Å². The Hall–Kier alpha value is -1.70. The smallest absolute Gasteiger partial charge is 0.241 e. The molecule has 118 valence electrons. The van der Waals surface area contributed by atoms with E-state index in [1.807, 2.05) is 25.9 Å². The molecule has 0 fully saturated rings. The van der Waals surface area contributed by atoms with Crippen LogP contribution < -0.4 is 9.62 Å². The zero-order chi connectivity index (χ0) is 16.3. The van der Waals surface area contributed by atoms with E-state index in [0.717, 1.165) is 5.56 Å². The van der Waals surface area contributed by atoms with Gasteiger partial charge in [-0.05, 0) is 30.7 Å². The molecule has 0 atom stereocenters. The van der Waals surface area contributed by atoms with Gasteiger partial charge in [-0.2, -0.15) is 0 Å². The van der Waals surface area contributed by atoms with Crippen molar-refractivity contribution in [2.45, 2.75) is 18.4 Å². The van der Waals surface area contributed by atoms with E-state index >= 15 is 0 Å². The summed E-state index contributed by atoms with van der Waals surface area (Å²) in [5, 5.41) is 0.411. The molecule has 8 heteroatoms. The van der Waals surface area contributed by atoms with Crippen molar-refractivity contribution < 1.29 is 8.42 Å². The number of hydrogen-bond donors (Lipinski definition) is 1. The molecule has 0 aliphatic carbocycles. The molecule has 22 heavy (non-hydrogen) atoms. The molecule has 0 saturated carbocycles. The summed E-state index contributed by atoms with van der Waals surface area (Å²) in [6, 6.07) is 6.36. The lowest BCUT2D eigenvalue weighted by Gasteiger charge is -2.12. The van der Waals surface area contributed by atoms with Crippen LogP contribution in [0, 0.1) is 6.92 Å². The van der Waals surface area contributed by atoms with Crippen LogP contribution in [0.1, 0.15) is 11.4 Å². The zero-order valence-electron chi connectivity index (χ0n) is 12.5. The summed E-state index contributed by atoms with van der Waals surface area (Å²) in [6.45, 7) is 1.82. The van der Waals surface area contributed by atoms with Gasteiger partial charge in [-0.1, -0.05) is 17.7 Å². The third-order valence-corrected chi connectivity index (χ3v) is 4.83. The topological polar surface area (TPSA) is 75.2 Å². The summed E-state index contributed by atoms with van der Waals surface area (Å²) in [7, 11) is 0.0447. The van der Waals surface area contributed by atoms with E-state index in [4.69, 9.17) is 11.6 Å². The Bertz CT molecular complexity index is 778. The maximum atomic E-state index is 12.3. The van der Waals surface area contributed by atoms with Crippen LogP contribution in [0.2, 0.25) is 5.02 Å². The minimum absolute atomic E-state index is 0.00943. The standard InChI is InChI=1S/C14H17ClN4O2S/c1-10-4-5-11(8-12(10)15)22(20,21)17-9-13-16-7-6-14(18-13)19(2)3/h4-8,17H,9H2,1-3H3. The SMILES string of the molecule is Cc1ccc(S(=O)(=O)NCc2nccc(N(C)C)n2)cc1Cl. The van der Waals surface area contributed by atoms with Crippen LogP contribution in [-0.4, -0.2) is 32.5 Å². The third kappa shape index (κ3) is 3.94. The highest BCUT2D eigenvalue weighted by Crippen LogP contribution is 2.20. The van der Waals surface area contributed by atoms with Gasteiger partial charge in [0.2, 0.25) is 10.0 Å². The van der Waals surface area contributed by atoms with Gasteiger partial charge in [-0.3, -0.25) is 0 Å². The van der Waals surface area contributed by atoms with Crippen molar-refractivity contribution in [3.8, 4) is 0 Å². The molecule has 0 bridgehead atoms. The molecule has 2 aromatic rings. The van der Waals surface area contributed by atoms with E-state index in [0.29, 0.717) is 16.7 Å². The summed E-state index contributed by atoms with van der Waals surface area (Å²) in [6.07, 6.45) is 1.59. The van der Waals surface area contributed by atoms with Crippen molar-refractivity contribution in [3.63, 3.8) is 0 Å². The molecule has 0 radical (unpaired) electrons. The summed E-state index contributed by atoms with van der Waals surface area (Å²) < 4.78 is 27.0. The van der Waals surface area contributed by atoms with Crippen LogP contribution in [0.5, 0.6) is 0 Å². The number of hydrogen-bond acceptors (Lipinski definition) is 5. The molecule has 1 aromatic carbocycles. The number of anilines is 1. The van der Waals surface area contributed by atoms with Gasteiger partial charge in [0.15, 0.2) is 0 Å². The summed E-state index contributed by atoms with van der Waals surface area (Å²) in [5.74, 6) is 1.11. The fraction of sp³-hybridized carbons (Fsp3) is 0.286. The zero-order valence-corrected chi connectivity index (χ0v) is 14.1. The van der Waals surface area contributed by atoms with E-state index in [2.05, 4.69) is 14.7 Å². The van der Waals surface area contributed by atoms with Gasteiger partial charge >= 0.3 is 0 Å². The predicted octanol–water partition coefficient (Wildman–Crippen LogP) is 1.98. The maximum absolute atomic E-state index is 12.3. The number of benzene rings is 1. The van der Waals surface area contributed by atoms with Crippen molar-refractivity contribution >= 4 is 27.4 Å². The number of aromatic nitrogens is 2.